The first-order valence-corrected chi connectivity index (χ1v) is 8.79. The minimum absolute atomic E-state index is 0.225. The molecule has 0 spiro atoms. The third kappa shape index (κ3) is 2.53. The van der Waals surface area contributed by atoms with Gasteiger partial charge in [0.05, 0.1) is 18.4 Å². The Balaban J connectivity index is 1.87. The van der Waals surface area contributed by atoms with Crippen molar-refractivity contribution in [2.75, 3.05) is 6.73 Å². The monoisotopic (exact) mass is 255 g/mol. The summed E-state index contributed by atoms with van der Waals surface area (Å²) in [5, 5.41) is 8.88. The molecular formula is C11H21N3O2Si. The number of rotatable bonds is 3. The molecule has 1 N–H and O–H groups in total. The van der Waals surface area contributed by atoms with Crippen LogP contribution in [0, 0.1) is 0 Å². The summed E-state index contributed by atoms with van der Waals surface area (Å²) in [6.07, 6.45) is 1.70. The predicted molar refractivity (Wildman–Crippen MR) is 67.9 cm³/mol. The summed E-state index contributed by atoms with van der Waals surface area (Å²) in [6.45, 7) is 12.4. The van der Waals surface area contributed by atoms with Crippen molar-refractivity contribution < 1.29 is 9.26 Å². The quantitative estimate of drug-likeness (QED) is 0.843. The number of hydrogen-bond acceptors (Lipinski definition) is 4. The van der Waals surface area contributed by atoms with E-state index in [2.05, 4.69) is 44.1 Å². The Morgan fingerprint density at radius 3 is 2.82 bits per heavy atom. The molecule has 0 amide bonds. The molecule has 0 unspecified atom stereocenters. The van der Waals surface area contributed by atoms with Crippen molar-refractivity contribution in [2.24, 2.45) is 0 Å². The maximum atomic E-state index is 6.08. The van der Waals surface area contributed by atoms with Gasteiger partial charge in [0, 0.05) is 0 Å². The summed E-state index contributed by atoms with van der Waals surface area (Å²) in [4.78, 5) is 5.59. The lowest BCUT2D eigenvalue weighted by atomic mass is 10.2. The van der Waals surface area contributed by atoms with Gasteiger partial charge in [-0.15, -0.1) is 5.06 Å². The van der Waals surface area contributed by atoms with Crippen molar-refractivity contribution in [3.05, 3.63) is 11.9 Å². The third-order valence-corrected chi connectivity index (χ3v) is 8.08. The van der Waals surface area contributed by atoms with Crippen molar-refractivity contribution in [2.45, 2.75) is 45.4 Å². The average molecular weight is 255 g/mol. The fourth-order valence-electron chi connectivity index (χ4n) is 1.36. The van der Waals surface area contributed by atoms with E-state index in [1.165, 1.54) is 0 Å². The van der Waals surface area contributed by atoms with E-state index >= 15 is 0 Å². The van der Waals surface area contributed by atoms with Gasteiger partial charge in [-0.3, -0.25) is 5.10 Å². The van der Waals surface area contributed by atoms with E-state index in [0.717, 1.165) is 11.4 Å². The number of fused-ring (bicyclic) bond motifs is 1. The van der Waals surface area contributed by atoms with Gasteiger partial charge in [0.1, 0.15) is 6.73 Å². The summed E-state index contributed by atoms with van der Waals surface area (Å²) in [6, 6.07) is 0. The van der Waals surface area contributed by atoms with Crippen LogP contribution in [0.25, 0.3) is 0 Å². The zero-order valence-corrected chi connectivity index (χ0v) is 12.2. The van der Waals surface area contributed by atoms with E-state index in [-0.39, 0.29) is 5.04 Å². The molecule has 0 bridgehead atoms. The number of hydroxylamine groups is 2. The second-order valence-electron chi connectivity index (χ2n) is 5.98. The van der Waals surface area contributed by atoms with Gasteiger partial charge in [-0.2, -0.15) is 5.10 Å². The van der Waals surface area contributed by atoms with Gasteiger partial charge < -0.3 is 9.26 Å². The van der Waals surface area contributed by atoms with Gasteiger partial charge in [-0.1, -0.05) is 20.8 Å². The van der Waals surface area contributed by atoms with Crippen LogP contribution in [0.15, 0.2) is 6.20 Å². The number of H-pyrrole nitrogens is 1. The zero-order chi connectivity index (χ0) is 12.7. The molecule has 0 aliphatic carbocycles. The van der Waals surface area contributed by atoms with Crippen molar-refractivity contribution in [1.82, 2.24) is 15.3 Å². The van der Waals surface area contributed by atoms with Crippen LogP contribution >= 0.6 is 0 Å². The first-order valence-electron chi connectivity index (χ1n) is 5.89. The SMILES string of the molecule is CC(C)(C)[Si](C)(C)OCN1Cc2[nH]ncc2O1. The first-order chi connectivity index (χ1) is 7.79. The molecule has 5 nitrogen and oxygen atoms in total. The van der Waals surface area contributed by atoms with Crippen LogP contribution in [0.2, 0.25) is 18.1 Å². The number of nitrogens with zero attached hydrogens (tertiary/aromatic N) is 2. The van der Waals surface area contributed by atoms with Crippen LogP contribution in [-0.2, 0) is 11.0 Å². The molecule has 0 aromatic carbocycles. The van der Waals surface area contributed by atoms with Crippen molar-refractivity contribution in [3.63, 3.8) is 0 Å². The summed E-state index contributed by atoms with van der Waals surface area (Å²) >= 11 is 0. The fourth-order valence-corrected chi connectivity index (χ4v) is 2.26. The Morgan fingerprint density at radius 1 is 1.53 bits per heavy atom. The number of aromatic nitrogens is 2. The van der Waals surface area contributed by atoms with Crippen LogP contribution in [0.1, 0.15) is 26.5 Å². The highest BCUT2D eigenvalue weighted by Gasteiger charge is 2.38. The highest BCUT2D eigenvalue weighted by molar-refractivity contribution is 6.74. The van der Waals surface area contributed by atoms with Crippen LogP contribution < -0.4 is 4.84 Å². The summed E-state index contributed by atoms with van der Waals surface area (Å²) in [7, 11) is -1.70. The topological polar surface area (TPSA) is 50.4 Å². The van der Waals surface area contributed by atoms with Gasteiger partial charge in [0.15, 0.2) is 14.1 Å². The maximum Gasteiger partial charge on any atom is 0.193 e. The molecule has 1 aromatic heterocycles. The van der Waals surface area contributed by atoms with Gasteiger partial charge >= 0.3 is 0 Å². The Hall–Kier alpha value is -0.853. The van der Waals surface area contributed by atoms with Crippen molar-refractivity contribution >= 4 is 8.32 Å². The van der Waals surface area contributed by atoms with Crippen LogP contribution in [0.5, 0.6) is 5.75 Å². The van der Waals surface area contributed by atoms with E-state index in [1.807, 2.05) is 5.06 Å². The number of hydrogen-bond donors (Lipinski definition) is 1. The molecule has 0 fully saturated rings. The predicted octanol–water partition coefficient (Wildman–Crippen LogP) is 2.50. The molecule has 0 radical (unpaired) electrons. The maximum absolute atomic E-state index is 6.08. The van der Waals surface area contributed by atoms with E-state index < -0.39 is 8.32 Å². The van der Waals surface area contributed by atoms with Crippen molar-refractivity contribution in [1.29, 1.82) is 0 Å². The summed E-state index contributed by atoms with van der Waals surface area (Å²) < 4.78 is 6.08. The molecule has 1 aromatic rings. The number of aromatic amines is 1. The van der Waals surface area contributed by atoms with Gasteiger partial charge in [0.25, 0.3) is 0 Å². The molecule has 17 heavy (non-hydrogen) atoms. The fraction of sp³-hybridized carbons (Fsp3) is 0.727. The standard InChI is InChI=1S/C11H21N3O2Si/c1-11(2,3)17(4,5)15-8-14-7-9-10(16-14)6-12-13-9/h6H,7-8H2,1-5H3,(H,12,13). The van der Waals surface area contributed by atoms with Crippen LogP contribution in [0.4, 0.5) is 0 Å². The molecule has 0 atom stereocenters. The lowest BCUT2D eigenvalue weighted by molar-refractivity contribution is -0.0977. The van der Waals surface area contributed by atoms with Gasteiger partial charge in [-0.05, 0) is 18.1 Å². The molecule has 1 aliphatic rings. The highest BCUT2D eigenvalue weighted by atomic mass is 28.4. The molecule has 0 saturated carbocycles. The van der Waals surface area contributed by atoms with E-state index in [4.69, 9.17) is 9.26 Å². The van der Waals surface area contributed by atoms with Crippen LogP contribution in [-0.4, -0.2) is 30.3 Å². The first kappa shape index (κ1) is 12.6. The normalized spacial score (nSPS) is 17.0. The second-order valence-corrected chi connectivity index (χ2v) is 10.8. The van der Waals surface area contributed by atoms with E-state index in [1.54, 1.807) is 6.20 Å². The van der Waals surface area contributed by atoms with E-state index in [0.29, 0.717) is 13.3 Å². The minimum atomic E-state index is -1.70. The molecule has 1 aliphatic heterocycles. The molecule has 96 valence electrons. The number of nitrogens with one attached hydrogen (secondary N) is 1. The lowest BCUT2D eigenvalue weighted by Gasteiger charge is -2.36. The average Bonchev–Trinajstić information content (AvgIpc) is 2.71. The molecule has 2 heterocycles. The van der Waals surface area contributed by atoms with E-state index in [9.17, 15) is 0 Å². The summed E-state index contributed by atoms with van der Waals surface area (Å²) in [5.74, 6) is 0.809. The molecule has 2 rings (SSSR count). The Morgan fingerprint density at radius 2 is 2.24 bits per heavy atom. The zero-order valence-electron chi connectivity index (χ0n) is 11.2. The van der Waals surface area contributed by atoms with Crippen molar-refractivity contribution in [3.8, 4) is 5.75 Å². The second kappa shape index (κ2) is 4.11. The Labute approximate surface area is 103 Å². The van der Waals surface area contributed by atoms with Gasteiger partial charge in [-0.25, -0.2) is 0 Å². The molecule has 0 saturated heterocycles. The largest absolute Gasteiger partial charge is 0.401 e. The smallest absolute Gasteiger partial charge is 0.193 e. The molecular weight excluding hydrogens is 234 g/mol. The Kier molecular flexibility index (Phi) is 3.05. The minimum Gasteiger partial charge on any atom is -0.401 e. The lowest BCUT2D eigenvalue weighted by Crippen LogP contribution is -2.44. The summed E-state index contributed by atoms with van der Waals surface area (Å²) in [5.41, 5.74) is 1.02. The van der Waals surface area contributed by atoms with Crippen LogP contribution in [0.3, 0.4) is 0 Å². The highest BCUT2D eigenvalue weighted by Crippen LogP contribution is 2.37. The van der Waals surface area contributed by atoms with Gasteiger partial charge in [0.2, 0.25) is 0 Å². The molecule has 6 heteroatoms. The Bertz CT molecular complexity index is 377. The third-order valence-electron chi connectivity index (χ3n) is 3.62.